The number of hydrogen-bond acceptors (Lipinski definition) is 4. The second-order valence-electron chi connectivity index (χ2n) is 6.56. The highest BCUT2D eigenvalue weighted by molar-refractivity contribution is 5.69. The number of rotatable bonds is 3. The highest BCUT2D eigenvalue weighted by Crippen LogP contribution is 2.31. The molecule has 0 aromatic heterocycles. The van der Waals surface area contributed by atoms with Crippen molar-refractivity contribution in [3.8, 4) is 0 Å². The Kier molecular flexibility index (Phi) is 4.85. The molecule has 112 valence electrons. The highest BCUT2D eigenvalue weighted by atomic mass is 16.6. The Bertz CT molecular complexity index is 322. The van der Waals surface area contributed by atoms with Crippen LogP contribution < -0.4 is 0 Å². The van der Waals surface area contributed by atoms with Gasteiger partial charge >= 0.3 is 6.09 Å². The van der Waals surface area contributed by atoms with Crippen LogP contribution in [0.2, 0.25) is 0 Å². The summed E-state index contributed by atoms with van der Waals surface area (Å²) in [5.74, 6) is 0. The van der Waals surface area contributed by atoms with Crippen molar-refractivity contribution in [1.29, 1.82) is 0 Å². The molecule has 0 spiro atoms. The topological polar surface area (TPSA) is 59.0 Å². The molecule has 0 bridgehead atoms. The summed E-state index contributed by atoms with van der Waals surface area (Å²) < 4.78 is 11.1. The summed E-state index contributed by atoms with van der Waals surface area (Å²) in [7, 11) is 0. The van der Waals surface area contributed by atoms with E-state index >= 15 is 0 Å². The minimum absolute atomic E-state index is 0.139. The van der Waals surface area contributed by atoms with Crippen molar-refractivity contribution in [2.75, 3.05) is 6.61 Å². The average molecular weight is 273 g/mol. The van der Waals surface area contributed by atoms with E-state index in [2.05, 4.69) is 0 Å². The number of hydrogen-bond donors (Lipinski definition) is 1. The molecule has 1 N–H and O–H groups in total. The predicted octanol–water partition coefficient (Wildman–Crippen LogP) is 2.52. The van der Waals surface area contributed by atoms with Gasteiger partial charge in [0, 0.05) is 0 Å². The zero-order chi connectivity index (χ0) is 14.8. The largest absolute Gasteiger partial charge is 0.444 e. The third kappa shape index (κ3) is 4.35. The number of aliphatic hydroxyl groups excluding tert-OH is 1. The Hall–Kier alpha value is -0.810. The molecule has 1 aliphatic heterocycles. The first kappa shape index (κ1) is 16.2. The van der Waals surface area contributed by atoms with Crippen molar-refractivity contribution in [2.45, 2.75) is 77.9 Å². The van der Waals surface area contributed by atoms with E-state index in [1.165, 1.54) is 0 Å². The molecule has 0 aliphatic carbocycles. The van der Waals surface area contributed by atoms with Gasteiger partial charge in [-0.25, -0.2) is 4.79 Å². The van der Waals surface area contributed by atoms with Crippen LogP contribution in [-0.4, -0.2) is 46.2 Å². The summed E-state index contributed by atoms with van der Waals surface area (Å²) in [6.07, 6.45) is 0.369. The van der Waals surface area contributed by atoms with Gasteiger partial charge in [0.05, 0.1) is 18.8 Å². The highest BCUT2D eigenvalue weighted by Gasteiger charge is 2.45. The second-order valence-corrected chi connectivity index (χ2v) is 6.56. The van der Waals surface area contributed by atoms with Gasteiger partial charge in [0.2, 0.25) is 0 Å². The van der Waals surface area contributed by atoms with Gasteiger partial charge in [0.1, 0.15) is 11.3 Å². The fourth-order valence-electron chi connectivity index (χ4n) is 2.22. The van der Waals surface area contributed by atoms with E-state index in [4.69, 9.17) is 9.47 Å². The van der Waals surface area contributed by atoms with Crippen LogP contribution in [-0.2, 0) is 9.47 Å². The van der Waals surface area contributed by atoms with Crippen LogP contribution in [0.15, 0.2) is 0 Å². The number of amides is 1. The first-order chi connectivity index (χ1) is 8.57. The Morgan fingerprint density at radius 3 is 2.58 bits per heavy atom. The minimum Gasteiger partial charge on any atom is -0.444 e. The monoisotopic (exact) mass is 273 g/mol. The molecule has 1 amide bonds. The molecule has 1 saturated heterocycles. The molecule has 1 heterocycles. The Morgan fingerprint density at radius 2 is 2.11 bits per heavy atom. The zero-order valence-electron chi connectivity index (χ0n) is 12.9. The second kappa shape index (κ2) is 5.67. The molecule has 1 rings (SSSR count). The van der Waals surface area contributed by atoms with E-state index in [0.29, 0.717) is 19.4 Å². The van der Waals surface area contributed by atoms with Gasteiger partial charge in [-0.1, -0.05) is 6.92 Å². The fourth-order valence-corrected chi connectivity index (χ4v) is 2.22. The Morgan fingerprint density at radius 1 is 1.53 bits per heavy atom. The van der Waals surface area contributed by atoms with Gasteiger partial charge in [-0.3, -0.25) is 4.90 Å². The summed E-state index contributed by atoms with van der Waals surface area (Å²) in [6.45, 7) is 11.6. The van der Waals surface area contributed by atoms with Gasteiger partial charge < -0.3 is 14.6 Å². The lowest BCUT2D eigenvalue weighted by Gasteiger charge is -2.35. The molecular weight excluding hydrogens is 246 g/mol. The van der Waals surface area contributed by atoms with Gasteiger partial charge in [-0.15, -0.1) is 0 Å². The number of carbonyl (C=O) groups excluding carboxylic acids is 1. The molecule has 0 aromatic carbocycles. The maximum atomic E-state index is 12.3. The lowest BCUT2D eigenvalue weighted by Crippen LogP contribution is -2.50. The standard InChI is InChI=1S/C14H27NO4/c1-7-11(16)8-10-9-18-14(5,6)15(10)12(17)19-13(2,3)4/h10-11,16H,7-9H2,1-6H3/t10-,11-/m0/s1. The van der Waals surface area contributed by atoms with Crippen molar-refractivity contribution < 1.29 is 19.4 Å². The lowest BCUT2D eigenvalue weighted by atomic mass is 10.1. The maximum absolute atomic E-state index is 12.3. The number of ether oxygens (including phenoxy) is 2. The predicted molar refractivity (Wildman–Crippen MR) is 72.8 cm³/mol. The smallest absolute Gasteiger partial charge is 0.412 e. The van der Waals surface area contributed by atoms with E-state index < -0.39 is 17.4 Å². The van der Waals surface area contributed by atoms with Crippen LogP contribution in [0.3, 0.4) is 0 Å². The van der Waals surface area contributed by atoms with Crippen LogP contribution in [0.5, 0.6) is 0 Å². The van der Waals surface area contributed by atoms with Crippen molar-refractivity contribution >= 4 is 6.09 Å². The number of nitrogens with zero attached hydrogens (tertiary/aromatic N) is 1. The van der Waals surface area contributed by atoms with Crippen LogP contribution >= 0.6 is 0 Å². The lowest BCUT2D eigenvalue weighted by molar-refractivity contribution is -0.0637. The van der Waals surface area contributed by atoms with Crippen LogP contribution in [0.25, 0.3) is 0 Å². The molecule has 1 fully saturated rings. The molecule has 0 aromatic rings. The summed E-state index contributed by atoms with van der Waals surface area (Å²) in [5, 5.41) is 9.79. The van der Waals surface area contributed by atoms with Crippen LogP contribution in [0, 0.1) is 0 Å². The number of aliphatic hydroxyl groups is 1. The van der Waals surface area contributed by atoms with Crippen LogP contribution in [0.4, 0.5) is 4.79 Å². The normalized spacial score (nSPS) is 24.4. The van der Waals surface area contributed by atoms with Gasteiger partial charge in [-0.05, 0) is 47.5 Å². The quantitative estimate of drug-likeness (QED) is 0.858. The Labute approximate surface area is 115 Å². The van der Waals surface area contributed by atoms with Gasteiger partial charge in [0.25, 0.3) is 0 Å². The summed E-state index contributed by atoms with van der Waals surface area (Å²) in [5.41, 5.74) is -1.23. The molecule has 0 saturated carbocycles. The SMILES string of the molecule is CC[C@H](O)C[C@H]1COC(C)(C)N1C(=O)OC(C)(C)C. The van der Waals surface area contributed by atoms with E-state index in [1.807, 2.05) is 41.5 Å². The van der Waals surface area contributed by atoms with Crippen molar-refractivity contribution in [1.82, 2.24) is 4.90 Å². The zero-order valence-corrected chi connectivity index (χ0v) is 12.9. The third-order valence-electron chi connectivity index (χ3n) is 3.18. The van der Waals surface area contributed by atoms with E-state index in [-0.39, 0.29) is 12.1 Å². The van der Waals surface area contributed by atoms with Crippen LogP contribution in [0.1, 0.15) is 54.4 Å². The van der Waals surface area contributed by atoms with E-state index in [1.54, 1.807) is 4.90 Å². The first-order valence-electron chi connectivity index (χ1n) is 6.91. The summed E-state index contributed by atoms with van der Waals surface area (Å²) >= 11 is 0. The summed E-state index contributed by atoms with van der Waals surface area (Å²) in [4.78, 5) is 13.9. The molecule has 5 nitrogen and oxygen atoms in total. The van der Waals surface area contributed by atoms with Gasteiger partial charge in [0.15, 0.2) is 0 Å². The molecule has 0 radical (unpaired) electrons. The maximum Gasteiger partial charge on any atom is 0.412 e. The molecule has 1 aliphatic rings. The number of carbonyl (C=O) groups is 1. The fraction of sp³-hybridized carbons (Fsp3) is 0.929. The minimum atomic E-state index is -0.694. The van der Waals surface area contributed by atoms with Crippen molar-refractivity contribution in [3.05, 3.63) is 0 Å². The average Bonchev–Trinajstić information content (AvgIpc) is 2.51. The van der Waals surface area contributed by atoms with E-state index in [0.717, 1.165) is 0 Å². The molecule has 0 unspecified atom stereocenters. The van der Waals surface area contributed by atoms with Crippen molar-refractivity contribution in [3.63, 3.8) is 0 Å². The molecule has 19 heavy (non-hydrogen) atoms. The van der Waals surface area contributed by atoms with E-state index in [9.17, 15) is 9.90 Å². The first-order valence-corrected chi connectivity index (χ1v) is 6.91. The Balaban J connectivity index is 2.81. The molecule has 5 heteroatoms. The summed E-state index contributed by atoms with van der Waals surface area (Å²) in [6, 6.07) is -0.139. The van der Waals surface area contributed by atoms with Crippen molar-refractivity contribution in [2.24, 2.45) is 0 Å². The molecular formula is C14H27NO4. The van der Waals surface area contributed by atoms with Gasteiger partial charge in [-0.2, -0.15) is 0 Å². The third-order valence-corrected chi connectivity index (χ3v) is 3.18. The molecule has 2 atom stereocenters.